The number of likely N-dealkylation sites (N-methyl/N-ethyl adjacent to an activating group) is 1. The van der Waals surface area contributed by atoms with Gasteiger partial charge in [-0.15, -0.1) is 0 Å². The number of unbranched alkanes of at least 4 members (excludes halogenated alkanes) is 1. The quantitative estimate of drug-likeness (QED) is 0.632. The van der Waals surface area contributed by atoms with E-state index in [4.69, 9.17) is 11.6 Å². The molecule has 0 aromatic heterocycles. The molecule has 0 amide bonds. The lowest BCUT2D eigenvalue weighted by atomic mass is 9.95. The number of thioether (sulfide) groups is 1. The summed E-state index contributed by atoms with van der Waals surface area (Å²) in [6.45, 7) is 4.37. The maximum Gasteiger partial charge on any atom is 0.323 e. The number of carbonyl (C=O) groups is 1. The summed E-state index contributed by atoms with van der Waals surface area (Å²) in [6, 6.07) is 7.91. The fourth-order valence-corrected chi connectivity index (χ4v) is 3.22. The van der Waals surface area contributed by atoms with Gasteiger partial charge in [0, 0.05) is 10.8 Å². The van der Waals surface area contributed by atoms with Gasteiger partial charge in [0.15, 0.2) is 0 Å². The molecule has 1 aromatic rings. The summed E-state index contributed by atoms with van der Waals surface area (Å²) in [5.74, 6) is 1.25. The number of benzene rings is 1. The third kappa shape index (κ3) is 6.72. The van der Waals surface area contributed by atoms with Crippen molar-refractivity contribution in [3.8, 4) is 0 Å². The first-order chi connectivity index (χ1) is 9.98. The van der Waals surface area contributed by atoms with Gasteiger partial charge in [-0.2, -0.15) is 11.8 Å². The Labute approximate surface area is 136 Å². The number of hydrogen-bond donors (Lipinski definition) is 2. The van der Waals surface area contributed by atoms with Crippen LogP contribution in [0.4, 0.5) is 0 Å². The minimum absolute atomic E-state index is 0.664. The third-order valence-electron chi connectivity index (χ3n) is 3.44. The van der Waals surface area contributed by atoms with Crippen molar-refractivity contribution in [2.24, 2.45) is 0 Å². The monoisotopic (exact) mass is 329 g/mol. The Morgan fingerprint density at radius 3 is 2.57 bits per heavy atom. The lowest BCUT2D eigenvalue weighted by Crippen LogP contribution is -2.49. The Morgan fingerprint density at radius 1 is 1.33 bits per heavy atom. The second-order valence-corrected chi connectivity index (χ2v) is 6.85. The van der Waals surface area contributed by atoms with Crippen molar-refractivity contribution in [1.29, 1.82) is 0 Å². The van der Waals surface area contributed by atoms with E-state index < -0.39 is 11.5 Å². The van der Waals surface area contributed by atoms with Crippen molar-refractivity contribution in [3.05, 3.63) is 34.9 Å². The average Bonchev–Trinajstić information content (AvgIpc) is 2.44. The van der Waals surface area contributed by atoms with Crippen molar-refractivity contribution in [2.45, 2.75) is 44.4 Å². The molecule has 0 saturated heterocycles. The number of halogens is 1. The van der Waals surface area contributed by atoms with Crippen LogP contribution in [0.5, 0.6) is 0 Å². The molecule has 3 nitrogen and oxygen atoms in total. The van der Waals surface area contributed by atoms with Gasteiger partial charge < -0.3 is 10.4 Å². The highest BCUT2D eigenvalue weighted by Crippen LogP contribution is 2.19. The normalized spacial score (nSPS) is 13.9. The van der Waals surface area contributed by atoms with Crippen LogP contribution in [-0.2, 0) is 10.5 Å². The van der Waals surface area contributed by atoms with Crippen LogP contribution in [0.15, 0.2) is 24.3 Å². The number of hydrogen-bond acceptors (Lipinski definition) is 3. The molecule has 1 atom stereocenters. The summed E-state index contributed by atoms with van der Waals surface area (Å²) in [7, 11) is 0. The highest BCUT2D eigenvalue weighted by atomic mass is 35.5. The average molecular weight is 330 g/mol. The van der Waals surface area contributed by atoms with E-state index >= 15 is 0 Å². The van der Waals surface area contributed by atoms with Crippen LogP contribution >= 0.6 is 23.4 Å². The molecule has 0 fully saturated rings. The highest BCUT2D eigenvalue weighted by molar-refractivity contribution is 7.98. The molecule has 0 heterocycles. The van der Waals surface area contributed by atoms with E-state index in [1.54, 1.807) is 6.92 Å². The molecule has 0 radical (unpaired) electrons. The third-order valence-corrected chi connectivity index (χ3v) is 4.80. The molecule has 21 heavy (non-hydrogen) atoms. The first kappa shape index (κ1) is 18.3. The summed E-state index contributed by atoms with van der Waals surface area (Å²) in [4.78, 5) is 11.3. The van der Waals surface area contributed by atoms with Gasteiger partial charge in [0.1, 0.15) is 5.54 Å². The lowest BCUT2D eigenvalue weighted by molar-refractivity contribution is -0.144. The molecule has 0 aliphatic heterocycles. The van der Waals surface area contributed by atoms with Gasteiger partial charge in [-0.3, -0.25) is 4.79 Å². The largest absolute Gasteiger partial charge is 0.480 e. The molecule has 5 heteroatoms. The van der Waals surface area contributed by atoms with Crippen LogP contribution in [0.2, 0.25) is 5.02 Å². The standard InChI is InChI=1S/C16H24ClNO2S/c1-3-18-16(2,15(19)20)10-4-5-11-21-12-13-6-8-14(17)9-7-13/h6-9,18H,3-5,10-12H2,1-2H3,(H,19,20). The van der Waals surface area contributed by atoms with Gasteiger partial charge in [-0.1, -0.05) is 37.1 Å². The molecule has 118 valence electrons. The fourth-order valence-electron chi connectivity index (χ4n) is 2.11. The Bertz CT molecular complexity index is 438. The lowest BCUT2D eigenvalue weighted by Gasteiger charge is -2.25. The zero-order valence-electron chi connectivity index (χ0n) is 12.7. The second kappa shape index (κ2) is 9.34. The molecule has 0 aliphatic carbocycles. The molecule has 0 spiro atoms. The van der Waals surface area contributed by atoms with Crippen molar-refractivity contribution in [1.82, 2.24) is 5.32 Å². The van der Waals surface area contributed by atoms with Gasteiger partial charge >= 0.3 is 5.97 Å². The topological polar surface area (TPSA) is 49.3 Å². The molecule has 0 aliphatic rings. The van der Waals surface area contributed by atoms with E-state index in [1.807, 2.05) is 43.0 Å². The van der Waals surface area contributed by atoms with Crippen molar-refractivity contribution < 1.29 is 9.90 Å². The van der Waals surface area contributed by atoms with Gasteiger partial charge in [-0.25, -0.2) is 0 Å². The van der Waals surface area contributed by atoms with E-state index in [9.17, 15) is 9.90 Å². The van der Waals surface area contributed by atoms with E-state index in [-0.39, 0.29) is 0 Å². The van der Waals surface area contributed by atoms with Gasteiger partial charge in [0.05, 0.1) is 0 Å². The maximum absolute atomic E-state index is 11.3. The van der Waals surface area contributed by atoms with Gasteiger partial charge in [0.2, 0.25) is 0 Å². The number of carboxylic acid groups (broad SMARTS) is 1. The number of nitrogens with one attached hydrogen (secondary N) is 1. The van der Waals surface area contributed by atoms with E-state index in [1.165, 1.54) is 5.56 Å². The summed E-state index contributed by atoms with van der Waals surface area (Å²) >= 11 is 7.72. The Kier molecular flexibility index (Phi) is 8.15. The number of rotatable bonds is 10. The van der Waals surface area contributed by atoms with Crippen LogP contribution in [0, 0.1) is 0 Å². The fraction of sp³-hybridized carbons (Fsp3) is 0.562. The molecular weight excluding hydrogens is 306 g/mol. The SMILES string of the molecule is CCNC(C)(CCCCSCc1ccc(Cl)cc1)C(=O)O. The minimum Gasteiger partial charge on any atom is -0.480 e. The zero-order valence-corrected chi connectivity index (χ0v) is 14.3. The van der Waals surface area contributed by atoms with Crippen molar-refractivity contribution in [3.63, 3.8) is 0 Å². The predicted octanol–water partition coefficient (Wildman–Crippen LogP) is 4.20. The molecule has 0 bridgehead atoms. The molecule has 0 saturated carbocycles. The summed E-state index contributed by atoms with van der Waals surface area (Å²) in [6.07, 6.45) is 2.62. The smallest absolute Gasteiger partial charge is 0.323 e. The Hall–Kier alpha value is -0.710. The van der Waals surface area contributed by atoms with Gasteiger partial charge in [-0.05, 0) is 49.8 Å². The summed E-state index contributed by atoms with van der Waals surface area (Å²) in [5.41, 5.74) is 0.475. The Morgan fingerprint density at radius 2 is 2.00 bits per heavy atom. The van der Waals surface area contributed by atoms with Crippen LogP contribution in [0.25, 0.3) is 0 Å². The molecule has 1 unspecified atom stereocenters. The van der Waals surface area contributed by atoms with Gasteiger partial charge in [0.25, 0.3) is 0 Å². The van der Waals surface area contributed by atoms with Crippen molar-refractivity contribution in [2.75, 3.05) is 12.3 Å². The van der Waals surface area contributed by atoms with Crippen molar-refractivity contribution >= 4 is 29.3 Å². The zero-order chi connectivity index (χ0) is 15.7. The van der Waals surface area contributed by atoms with E-state index in [0.717, 1.165) is 29.4 Å². The highest BCUT2D eigenvalue weighted by Gasteiger charge is 2.30. The van der Waals surface area contributed by atoms with Crippen LogP contribution in [0.1, 0.15) is 38.7 Å². The van der Waals surface area contributed by atoms with Crippen LogP contribution in [0.3, 0.4) is 0 Å². The first-order valence-electron chi connectivity index (χ1n) is 7.28. The van der Waals surface area contributed by atoms with Crippen LogP contribution in [-0.4, -0.2) is 28.9 Å². The molecule has 2 N–H and O–H groups in total. The summed E-state index contributed by atoms with van der Waals surface area (Å²) in [5, 5.41) is 13.1. The van der Waals surface area contributed by atoms with E-state index in [0.29, 0.717) is 13.0 Å². The van der Waals surface area contributed by atoms with Crippen LogP contribution < -0.4 is 5.32 Å². The number of aliphatic carboxylic acids is 1. The van der Waals surface area contributed by atoms with E-state index in [2.05, 4.69) is 5.32 Å². The predicted molar refractivity (Wildman–Crippen MR) is 91.2 cm³/mol. The summed E-state index contributed by atoms with van der Waals surface area (Å²) < 4.78 is 0. The Balaban J connectivity index is 2.19. The molecular formula is C16H24ClNO2S. The molecule has 1 aromatic carbocycles. The number of carboxylic acids is 1. The maximum atomic E-state index is 11.3. The minimum atomic E-state index is -0.796. The first-order valence-corrected chi connectivity index (χ1v) is 8.82. The molecule has 1 rings (SSSR count). The second-order valence-electron chi connectivity index (χ2n) is 5.30.